The molecule has 1 rings (SSSR count). The second-order valence-electron chi connectivity index (χ2n) is 1.59. The number of rotatable bonds is 0. The van der Waals surface area contributed by atoms with Crippen molar-refractivity contribution in [1.82, 2.24) is 5.32 Å². The summed E-state index contributed by atoms with van der Waals surface area (Å²) in [6.07, 6.45) is 1.40. The molecule has 0 aromatic rings. The van der Waals surface area contributed by atoms with Crippen molar-refractivity contribution in [3.63, 3.8) is 0 Å². The lowest BCUT2D eigenvalue weighted by molar-refractivity contribution is -0.116. The van der Waals surface area contributed by atoms with Gasteiger partial charge in [-0.15, -0.1) is 11.8 Å². The molecule has 1 amide bonds. The van der Waals surface area contributed by atoms with Crippen molar-refractivity contribution in [3.8, 4) is 0 Å². The first kappa shape index (κ1) is 6.96. The number of thioether (sulfide) groups is 1. The van der Waals surface area contributed by atoms with Crippen molar-refractivity contribution in [1.29, 1.82) is 0 Å². The average Bonchev–Trinajstić information content (AvgIpc) is 1.93. The summed E-state index contributed by atoms with van der Waals surface area (Å²) in [5, 5.41) is 2.65. The molecular weight excluding hydrogens is 158 g/mol. The van der Waals surface area contributed by atoms with Gasteiger partial charge in [0.1, 0.15) is 0 Å². The molecule has 50 valence electrons. The Morgan fingerprint density at radius 1 is 1.78 bits per heavy atom. The first-order valence-electron chi connectivity index (χ1n) is 2.57. The quantitative estimate of drug-likeness (QED) is 0.576. The average molecular weight is 164 g/mol. The zero-order valence-corrected chi connectivity index (χ0v) is 6.26. The van der Waals surface area contributed by atoms with Gasteiger partial charge >= 0.3 is 0 Å². The number of nitrogens with one attached hydrogen (secondary N) is 1. The molecule has 0 aliphatic carbocycles. The smallest absolute Gasteiger partial charge is 0.246 e. The van der Waals surface area contributed by atoms with E-state index in [4.69, 9.17) is 11.6 Å². The van der Waals surface area contributed by atoms with Crippen LogP contribution in [-0.4, -0.2) is 18.2 Å². The van der Waals surface area contributed by atoms with Crippen molar-refractivity contribution in [2.24, 2.45) is 0 Å². The van der Waals surface area contributed by atoms with Crippen LogP contribution in [0.4, 0.5) is 0 Å². The Hall–Kier alpha value is -0.150. The normalized spacial score (nSPS) is 20.1. The van der Waals surface area contributed by atoms with Crippen LogP contribution in [0.3, 0.4) is 0 Å². The van der Waals surface area contributed by atoms with Crippen molar-refractivity contribution in [2.75, 3.05) is 12.3 Å². The van der Waals surface area contributed by atoms with Gasteiger partial charge in [-0.05, 0) is 0 Å². The van der Waals surface area contributed by atoms with Gasteiger partial charge in [-0.3, -0.25) is 4.79 Å². The lowest BCUT2D eigenvalue weighted by atomic mass is 10.6. The van der Waals surface area contributed by atoms with Crippen molar-refractivity contribution in [2.45, 2.75) is 0 Å². The molecular formula is C5H6ClNOS. The van der Waals surface area contributed by atoms with Crippen LogP contribution in [0.1, 0.15) is 0 Å². The summed E-state index contributed by atoms with van der Waals surface area (Å²) in [6, 6.07) is 0. The molecule has 0 spiro atoms. The topological polar surface area (TPSA) is 29.1 Å². The number of hydrogen-bond acceptors (Lipinski definition) is 2. The molecule has 0 atom stereocenters. The molecule has 1 aliphatic heterocycles. The van der Waals surface area contributed by atoms with Crippen LogP contribution in [0.5, 0.6) is 0 Å². The van der Waals surface area contributed by atoms with Gasteiger partial charge in [0.25, 0.3) is 0 Å². The van der Waals surface area contributed by atoms with E-state index < -0.39 is 0 Å². The van der Waals surface area contributed by atoms with E-state index in [0.717, 1.165) is 5.75 Å². The van der Waals surface area contributed by atoms with E-state index in [0.29, 0.717) is 10.9 Å². The highest BCUT2D eigenvalue weighted by molar-refractivity contribution is 8.04. The Balaban J connectivity index is 2.59. The molecule has 0 radical (unpaired) electrons. The molecule has 0 aromatic carbocycles. The maximum absolute atomic E-state index is 10.6. The first-order valence-corrected chi connectivity index (χ1v) is 3.93. The summed E-state index contributed by atoms with van der Waals surface area (Å²) >= 11 is 7.07. The molecule has 9 heavy (non-hydrogen) atoms. The second kappa shape index (κ2) is 3.13. The highest BCUT2D eigenvalue weighted by Crippen LogP contribution is 2.19. The first-order chi connectivity index (χ1) is 4.29. The molecule has 0 saturated carbocycles. The van der Waals surface area contributed by atoms with Crippen LogP contribution in [0, 0.1) is 0 Å². The molecule has 0 fully saturated rings. The predicted octanol–water partition coefficient (Wildman–Crippen LogP) is 0.930. The molecule has 0 aromatic heterocycles. The lowest BCUT2D eigenvalue weighted by Gasteiger charge is -1.92. The Labute approximate surface area is 62.6 Å². The van der Waals surface area contributed by atoms with E-state index in [-0.39, 0.29) is 5.91 Å². The van der Waals surface area contributed by atoms with Gasteiger partial charge in [0, 0.05) is 18.4 Å². The van der Waals surface area contributed by atoms with Gasteiger partial charge < -0.3 is 5.32 Å². The van der Waals surface area contributed by atoms with E-state index in [1.54, 1.807) is 0 Å². The van der Waals surface area contributed by atoms with Crippen molar-refractivity contribution < 1.29 is 4.79 Å². The Morgan fingerprint density at radius 3 is 3.33 bits per heavy atom. The molecule has 0 unspecified atom stereocenters. The minimum atomic E-state index is -0.0926. The molecule has 0 saturated heterocycles. The van der Waals surface area contributed by atoms with Crippen LogP contribution in [-0.2, 0) is 4.79 Å². The molecule has 1 heterocycles. The maximum atomic E-state index is 10.6. The van der Waals surface area contributed by atoms with E-state index in [1.807, 2.05) is 0 Å². The van der Waals surface area contributed by atoms with Crippen LogP contribution in [0.15, 0.2) is 10.4 Å². The lowest BCUT2D eigenvalue weighted by Crippen LogP contribution is -2.21. The van der Waals surface area contributed by atoms with Gasteiger partial charge in [0.15, 0.2) is 0 Å². The van der Waals surface area contributed by atoms with Crippen LogP contribution >= 0.6 is 23.4 Å². The second-order valence-corrected chi connectivity index (χ2v) is 3.36. The number of hydrogen-bond donors (Lipinski definition) is 1. The third kappa shape index (κ3) is 2.28. The van der Waals surface area contributed by atoms with Gasteiger partial charge in [0.2, 0.25) is 5.91 Å². The van der Waals surface area contributed by atoms with Crippen molar-refractivity contribution in [3.05, 3.63) is 10.4 Å². The standard InChI is InChI=1S/C5H6ClNOS/c6-4-3-5(8)7-1-2-9-4/h3H,1-2H2,(H,7,8). The van der Waals surface area contributed by atoms with Gasteiger partial charge in [-0.25, -0.2) is 0 Å². The Bertz CT molecular complexity index is 157. The minimum Gasteiger partial charge on any atom is -0.352 e. The third-order valence-corrected chi connectivity index (χ3v) is 2.12. The molecule has 1 aliphatic rings. The zero-order chi connectivity index (χ0) is 6.69. The van der Waals surface area contributed by atoms with Crippen LogP contribution < -0.4 is 5.32 Å². The summed E-state index contributed by atoms with van der Waals surface area (Å²) in [6.45, 7) is 0.705. The number of carbonyl (C=O) groups excluding carboxylic acids is 1. The number of halogens is 1. The highest BCUT2D eigenvalue weighted by Gasteiger charge is 2.03. The highest BCUT2D eigenvalue weighted by atomic mass is 35.5. The van der Waals surface area contributed by atoms with Crippen LogP contribution in [0.2, 0.25) is 0 Å². The molecule has 2 nitrogen and oxygen atoms in total. The fourth-order valence-electron chi connectivity index (χ4n) is 0.519. The zero-order valence-electron chi connectivity index (χ0n) is 4.69. The summed E-state index contributed by atoms with van der Waals surface area (Å²) < 4.78 is 0.574. The predicted molar refractivity (Wildman–Crippen MR) is 39.4 cm³/mol. The summed E-state index contributed by atoms with van der Waals surface area (Å²) in [7, 11) is 0. The SMILES string of the molecule is O=C1C=C(Cl)SCCN1. The third-order valence-electron chi connectivity index (χ3n) is 0.886. The van der Waals surface area contributed by atoms with E-state index >= 15 is 0 Å². The summed E-state index contributed by atoms with van der Waals surface area (Å²) in [5.41, 5.74) is 0. The van der Waals surface area contributed by atoms with Gasteiger partial charge in [-0.2, -0.15) is 0 Å². The van der Waals surface area contributed by atoms with Crippen molar-refractivity contribution >= 4 is 29.3 Å². The van der Waals surface area contributed by atoms with E-state index in [1.165, 1.54) is 17.8 Å². The fraction of sp³-hybridized carbons (Fsp3) is 0.400. The van der Waals surface area contributed by atoms with Gasteiger partial charge in [-0.1, -0.05) is 11.6 Å². The maximum Gasteiger partial charge on any atom is 0.246 e. The molecule has 4 heteroatoms. The van der Waals surface area contributed by atoms with Crippen LogP contribution in [0.25, 0.3) is 0 Å². The molecule has 1 N–H and O–H groups in total. The number of amides is 1. The minimum absolute atomic E-state index is 0.0926. The largest absolute Gasteiger partial charge is 0.352 e. The monoisotopic (exact) mass is 163 g/mol. The Morgan fingerprint density at radius 2 is 2.56 bits per heavy atom. The van der Waals surface area contributed by atoms with E-state index in [2.05, 4.69) is 5.32 Å². The Kier molecular flexibility index (Phi) is 2.42. The van der Waals surface area contributed by atoms with E-state index in [9.17, 15) is 4.79 Å². The summed E-state index contributed by atoms with van der Waals surface area (Å²) in [4.78, 5) is 10.6. The molecule has 0 bridgehead atoms. The fourth-order valence-corrected chi connectivity index (χ4v) is 1.44. The summed E-state index contributed by atoms with van der Waals surface area (Å²) in [5.74, 6) is 0.770. The van der Waals surface area contributed by atoms with Gasteiger partial charge in [0.05, 0.1) is 4.36 Å². The number of carbonyl (C=O) groups is 1.